The monoisotopic (exact) mass is 570 g/mol. The molecule has 0 radical (unpaired) electrons. The van der Waals surface area contributed by atoms with Crippen LogP contribution in [0.1, 0.15) is 32.1 Å². The minimum absolute atomic E-state index is 0.285. The quantitative estimate of drug-likeness (QED) is 0.165. The van der Waals surface area contributed by atoms with Gasteiger partial charge in [0.25, 0.3) is 0 Å². The predicted molar refractivity (Wildman–Crippen MR) is 127 cm³/mol. The Bertz CT molecular complexity index is 1460. The van der Waals surface area contributed by atoms with Crippen LogP contribution in [0.2, 0.25) is 0 Å². The minimum Gasteiger partial charge on any atom is -0.465 e. The Morgan fingerprint density at radius 1 is 0.750 bits per heavy atom. The Kier molecular flexibility index (Phi) is 8.86. The van der Waals surface area contributed by atoms with E-state index in [1.807, 2.05) is 0 Å². The van der Waals surface area contributed by atoms with E-state index in [2.05, 4.69) is 24.4 Å². The zero-order valence-corrected chi connectivity index (χ0v) is 20.9. The van der Waals surface area contributed by atoms with E-state index in [-0.39, 0.29) is 17.1 Å². The summed E-state index contributed by atoms with van der Waals surface area (Å²) in [5.41, 5.74) is 2.74. The van der Waals surface area contributed by atoms with Crippen LogP contribution >= 0.6 is 0 Å². The second-order valence-electron chi connectivity index (χ2n) is 7.88. The summed E-state index contributed by atoms with van der Waals surface area (Å²) < 4.78 is 87.1. The van der Waals surface area contributed by atoms with E-state index >= 15 is 0 Å². The normalized spacial score (nSPS) is 11.3. The third-order valence-corrected chi connectivity index (χ3v) is 5.04. The first kappa shape index (κ1) is 29.7. The van der Waals surface area contributed by atoms with Crippen LogP contribution in [0.3, 0.4) is 0 Å². The number of hydrogen-bond donors (Lipinski definition) is 0. The fourth-order valence-electron chi connectivity index (χ4n) is 3.23. The summed E-state index contributed by atoms with van der Waals surface area (Å²) in [6.07, 6.45) is -5.83. The van der Waals surface area contributed by atoms with Gasteiger partial charge in [0, 0.05) is 12.4 Å². The zero-order valence-electron chi connectivity index (χ0n) is 20.9. The van der Waals surface area contributed by atoms with Crippen molar-refractivity contribution in [1.82, 2.24) is 19.6 Å². The number of ether oxygens (including phenoxy) is 3. The van der Waals surface area contributed by atoms with Gasteiger partial charge in [-0.25, -0.2) is 14.2 Å². The predicted octanol–water partition coefficient (Wildman–Crippen LogP) is 5.76. The Labute approximate surface area is 222 Å². The van der Waals surface area contributed by atoms with Gasteiger partial charge in [0.2, 0.25) is 0 Å². The lowest BCUT2D eigenvalue weighted by Crippen LogP contribution is -2.17. The average molecular weight is 570 g/mol. The second-order valence-corrected chi connectivity index (χ2v) is 7.88. The van der Waals surface area contributed by atoms with E-state index in [0.717, 1.165) is 12.1 Å². The second kappa shape index (κ2) is 11.9. The van der Waals surface area contributed by atoms with Gasteiger partial charge >= 0.3 is 18.7 Å². The van der Waals surface area contributed by atoms with Gasteiger partial charge in [-0.05, 0) is 62.4 Å². The Balaban J connectivity index is 0.000000222. The molecule has 0 aliphatic carbocycles. The third-order valence-electron chi connectivity index (χ3n) is 5.04. The van der Waals surface area contributed by atoms with Crippen LogP contribution in [-0.2, 0) is 4.74 Å². The molecular formula is C25H20F6N4O5. The molecule has 0 fully saturated rings. The molecule has 0 aliphatic rings. The maximum atomic E-state index is 12.1. The molecule has 0 spiro atoms. The zero-order chi connectivity index (χ0) is 29.7. The van der Waals surface area contributed by atoms with Gasteiger partial charge in [-0.2, -0.15) is 10.2 Å². The Morgan fingerprint density at radius 2 is 1.18 bits per heavy atom. The summed E-state index contributed by atoms with van der Waals surface area (Å²) in [5.74, 6) is -1.17. The average Bonchev–Trinajstić information content (AvgIpc) is 3.45. The van der Waals surface area contributed by atoms with Gasteiger partial charge in [0.1, 0.15) is 17.1 Å². The van der Waals surface area contributed by atoms with E-state index < -0.39 is 18.7 Å². The highest BCUT2D eigenvalue weighted by molar-refractivity contribution is 5.90. The number of aromatic nitrogens is 4. The number of benzene rings is 2. The Morgan fingerprint density at radius 3 is 1.55 bits per heavy atom. The number of hydrogen-bond acceptors (Lipinski definition) is 7. The number of esters is 1. The van der Waals surface area contributed by atoms with Crippen LogP contribution in [0.15, 0.2) is 60.9 Å². The van der Waals surface area contributed by atoms with Crippen molar-refractivity contribution in [3.63, 3.8) is 0 Å². The number of aldehydes is 1. The standard InChI is InChI=1S/C13H11F3N2O3.C12H9F3N2O2/c1-8-11(12(19)20-2)7-18(17-8)9-3-5-10(6-4-9)21-13(14,15)16;1-8-9(7-18)6-17(16-8)10-2-4-11(5-3-10)19-12(13,14)15/h3-7H,1-2H3;2-7H,1H3. The number of aryl methyl sites for hydroxylation is 2. The largest absolute Gasteiger partial charge is 0.573 e. The van der Waals surface area contributed by atoms with Crippen molar-refractivity contribution in [3.05, 3.63) is 83.4 Å². The van der Waals surface area contributed by atoms with E-state index in [1.165, 1.54) is 65.3 Å². The lowest BCUT2D eigenvalue weighted by atomic mass is 10.2. The molecule has 4 rings (SSSR count). The molecule has 0 amide bonds. The highest BCUT2D eigenvalue weighted by Crippen LogP contribution is 2.25. The number of rotatable bonds is 6. The molecule has 40 heavy (non-hydrogen) atoms. The van der Waals surface area contributed by atoms with Crippen molar-refractivity contribution in [1.29, 1.82) is 0 Å². The van der Waals surface area contributed by atoms with Crippen LogP contribution in [0, 0.1) is 13.8 Å². The molecule has 0 saturated carbocycles. The highest BCUT2D eigenvalue weighted by atomic mass is 19.4. The number of carbonyl (C=O) groups is 2. The Hall–Kier alpha value is -4.82. The first-order valence-corrected chi connectivity index (χ1v) is 11.1. The number of nitrogens with zero attached hydrogens (tertiary/aromatic N) is 4. The number of carbonyl (C=O) groups excluding carboxylic acids is 2. The van der Waals surface area contributed by atoms with Crippen LogP contribution < -0.4 is 9.47 Å². The van der Waals surface area contributed by atoms with Crippen molar-refractivity contribution in [2.24, 2.45) is 0 Å². The van der Waals surface area contributed by atoms with Crippen molar-refractivity contribution < 1.29 is 50.1 Å². The molecule has 2 heterocycles. The van der Waals surface area contributed by atoms with Crippen molar-refractivity contribution in [3.8, 4) is 22.9 Å². The topological polar surface area (TPSA) is 97.5 Å². The fourth-order valence-corrected chi connectivity index (χ4v) is 3.23. The van der Waals surface area contributed by atoms with Crippen LogP contribution in [0.25, 0.3) is 11.4 Å². The van der Waals surface area contributed by atoms with Gasteiger partial charge in [-0.1, -0.05) is 0 Å². The van der Waals surface area contributed by atoms with E-state index in [4.69, 9.17) is 0 Å². The molecule has 0 bridgehead atoms. The summed E-state index contributed by atoms with van der Waals surface area (Å²) in [6, 6.07) is 10.3. The first-order valence-electron chi connectivity index (χ1n) is 11.1. The fraction of sp³-hybridized carbons (Fsp3) is 0.200. The van der Waals surface area contributed by atoms with Gasteiger partial charge < -0.3 is 14.2 Å². The molecule has 2 aromatic heterocycles. The highest BCUT2D eigenvalue weighted by Gasteiger charge is 2.31. The number of methoxy groups -OCH3 is 1. The number of alkyl halides is 6. The summed E-state index contributed by atoms with van der Waals surface area (Å²) in [6.45, 7) is 3.30. The molecule has 0 aliphatic heterocycles. The third kappa shape index (κ3) is 8.09. The van der Waals surface area contributed by atoms with Gasteiger partial charge in [0.15, 0.2) is 6.29 Å². The summed E-state index contributed by atoms with van der Waals surface area (Å²) in [5, 5.41) is 8.19. The summed E-state index contributed by atoms with van der Waals surface area (Å²) >= 11 is 0. The van der Waals surface area contributed by atoms with Crippen molar-refractivity contribution in [2.45, 2.75) is 26.6 Å². The molecule has 4 aromatic rings. The van der Waals surface area contributed by atoms with E-state index in [0.29, 0.717) is 34.6 Å². The molecule has 9 nitrogen and oxygen atoms in total. The van der Waals surface area contributed by atoms with Crippen LogP contribution in [-0.4, -0.2) is 51.7 Å². The first-order chi connectivity index (χ1) is 18.7. The van der Waals surface area contributed by atoms with Crippen molar-refractivity contribution in [2.75, 3.05) is 7.11 Å². The lowest BCUT2D eigenvalue weighted by molar-refractivity contribution is -0.275. The molecule has 15 heteroatoms. The molecule has 0 N–H and O–H groups in total. The maximum absolute atomic E-state index is 12.1. The molecule has 0 atom stereocenters. The smallest absolute Gasteiger partial charge is 0.465 e. The van der Waals surface area contributed by atoms with Gasteiger partial charge in [0.05, 0.1) is 35.4 Å². The van der Waals surface area contributed by atoms with E-state index in [1.54, 1.807) is 13.8 Å². The molecule has 0 saturated heterocycles. The van der Waals surface area contributed by atoms with Crippen LogP contribution in [0.4, 0.5) is 26.3 Å². The minimum atomic E-state index is -4.73. The summed E-state index contributed by atoms with van der Waals surface area (Å²) in [4.78, 5) is 22.2. The lowest BCUT2D eigenvalue weighted by Gasteiger charge is -2.09. The molecule has 212 valence electrons. The molecule has 0 unspecified atom stereocenters. The summed E-state index contributed by atoms with van der Waals surface area (Å²) in [7, 11) is 1.25. The molecule has 2 aromatic carbocycles. The van der Waals surface area contributed by atoms with Crippen LogP contribution in [0.5, 0.6) is 11.5 Å². The van der Waals surface area contributed by atoms with E-state index in [9.17, 15) is 35.9 Å². The SMILES string of the molecule is COC(=O)c1cn(-c2ccc(OC(F)(F)F)cc2)nc1C.Cc1nn(-c2ccc(OC(F)(F)F)cc2)cc1C=O. The van der Waals surface area contributed by atoms with Gasteiger partial charge in [-0.15, -0.1) is 26.3 Å². The number of halogens is 6. The maximum Gasteiger partial charge on any atom is 0.573 e. The van der Waals surface area contributed by atoms with Gasteiger partial charge in [-0.3, -0.25) is 4.79 Å². The molecular weight excluding hydrogens is 550 g/mol. The van der Waals surface area contributed by atoms with Crippen molar-refractivity contribution >= 4 is 12.3 Å².